The van der Waals surface area contributed by atoms with E-state index in [2.05, 4.69) is 5.32 Å². The van der Waals surface area contributed by atoms with Gasteiger partial charge in [-0.1, -0.05) is 12.1 Å². The number of hydrogen-bond donors (Lipinski definition) is 2. The fourth-order valence-electron chi connectivity index (χ4n) is 1.79. The highest BCUT2D eigenvalue weighted by molar-refractivity contribution is 5.87. The maximum atomic E-state index is 12.7. The van der Waals surface area contributed by atoms with E-state index in [9.17, 15) is 18.8 Å². The molecule has 2 rings (SSSR count). The molecule has 2 N–H and O–H groups in total. The number of aromatic carboxylic acids is 1. The quantitative estimate of drug-likeness (QED) is 0.862. The van der Waals surface area contributed by atoms with Crippen LogP contribution in [-0.2, 0) is 17.9 Å². The van der Waals surface area contributed by atoms with Crippen molar-refractivity contribution in [2.45, 2.75) is 13.1 Å². The summed E-state index contributed by atoms with van der Waals surface area (Å²) in [6, 6.07) is 7.90. The molecule has 0 saturated carbocycles. The van der Waals surface area contributed by atoms with Crippen molar-refractivity contribution in [2.24, 2.45) is 0 Å². The molecule has 114 valence electrons. The summed E-state index contributed by atoms with van der Waals surface area (Å²) < 4.78 is 13.8. The van der Waals surface area contributed by atoms with Gasteiger partial charge in [-0.15, -0.1) is 0 Å². The molecule has 0 radical (unpaired) electrons. The number of pyridine rings is 1. The van der Waals surface area contributed by atoms with Gasteiger partial charge in [0, 0.05) is 18.8 Å². The fraction of sp³-hybridized carbons (Fsp3) is 0.133. The number of carbonyl (C=O) groups excluding carboxylic acids is 1. The van der Waals surface area contributed by atoms with Gasteiger partial charge in [0.25, 0.3) is 5.56 Å². The molecule has 0 aliphatic heterocycles. The predicted octanol–water partition coefficient (Wildman–Crippen LogP) is 1.00. The number of rotatable bonds is 5. The Labute approximate surface area is 124 Å². The first-order valence-electron chi connectivity index (χ1n) is 6.40. The molecule has 0 aliphatic carbocycles. The summed E-state index contributed by atoms with van der Waals surface area (Å²) in [4.78, 5) is 34.2. The Morgan fingerprint density at radius 2 is 1.82 bits per heavy atom. The van der Waals surface area contributed by atoms with Gasteiger partial charge in [-0.3, -0.25) is 9.59 Å². The zero-order chi connectivity index (χ0) is 16.1. The van der Waals surface area contributed by atoms with Gasteiger partial charge in [0.2, 0.25) is 5.91 Å². The Morgan fingerprint density at radius 1 is 1.14 bits per heavy atom. The van der Waals surface area contributed by atoms with Crippen LogP contribution >= 0.6 is 0 Å². The van der Waals surface area contributed by atoms with Gasteiger partial charge < -0.3 is 15.0 Å². The molecular formula is C15H13FN2O4. The van der Waals surface area contributed by atoms with E-state index in [4.69, 9.17) is 5.11 Å². The third-order valence-corrected chi connectivity index (χ3v) is 2.95. The van der Waals surface area contributed by atoms with E-state index in [1.165, 1.54) is 30.3 Å². The van der Waals surface area contributed by atoms with E-state index in [0.29, 0.717) is 5.56 Å². The summed E-state index contributed by atoms with van der Waals surface area (Å²) in [6.07, 6.45) is 1.11. The second-order valence-corrected chi connectivity index (χ2v) is 4.59. The minimum absolute atomic E-state index is 0.0778. The molecule has 0 aliphatic rings. The Morgan fingerprint density at radius 3 is 2.45 bits per heavy atom. The number of nitrogens with zero attached hydrogens (tertiary/aromatic N) is 1. The van der Waals surface area contributed by atoms with Gasteiger partial charge >= 0.3 is 5.97 Å². The zero-order valence-corrected chi connectivity index (χ0v) is 11.5. The number of halogens is 1. The summed E-state index contributed by atoms with van der Waals surface area (Å²) >= 11 is 0. The Kier molecular flexibility index (Phi) is 4.67. The number of aromatic nitrogens is 1. The van der Waals surface area contributed by atoms with Gasteiger partial charge in [0.1, 0.15) is 12.4 Å². The normalized spacial score (nSPS) is 10.2. The minimum Gasteiger partial charge on any atom is -0.478 e. The number of amides is 1. The first-order chi connectivity index (χ1) is 10.5. The van der Waals surface area contributed by atoms with E-state index in [-0.39, 0.29) is 24.5 Å². The van der Waals surface area contributed by atoms with E-state index in [1.54, 1.807) is 0 Å². The molecule has 0 saturated heterocycles. The van der Waals surface area contributed by atoms with Crippen LogP contribution in [0.1, 0.15) is 15.9 Å². The lowest BCUT2D eigenvalue weighted by Gasteiger charge is -2.08. The van der Waals surface area contributed by atoms with E-state index >= 15 is 0 Å². The number of benzene rings is 1. The van der Waals surface area contributed by atoms with E-state index < -0.39 is 17.4 Å². The molecule has 0 bridgehead atoms. The summed E-state index contributed by atoms with van der Waals surface area (Å²) in [5.41, 5.74) is 0.161. The number of hydrogen-bond acceptors (Lipinski definition) is 3. The highest BCUT2D eigenvalue weighted by Crippen LogP contribution is 2.02. The van der Waals surface area contributed by atoms with Crippen molar-refractivity contribution < 1.29 is 19.1 Å². The van der Waals surface area contributed by atoms with Crippen molar-refractivity contribution in [3.8, 4) is 0 Å². The molecule has 1 aromatic carbocycles. The van der Waals surface area contributed by atoms with Gasteiger partial charge in [-0.25, -0.2) is 9.18 Å². The lowest BCUT2D eigenvalue weighted by Crippen LogP contribution is -2.32. The molecule has 1 amide bonds. The van der Waals surface area contributed by atoms with Crippen molar-refractivity contribution in [1.29, 1.82) is 0 Å². The largest absolute Gasteiger partial charge is 0.478 e. The van der Waals surface area contributed by atoms with Crippen LogP contribution in [0.2, 0.25) is 0 Å². The van der Waals surface area contributed by atoms with Gasteiger partial charge in [0.05, 0.1) is 5.56 Å². The van der Waals surface area contributed by atoms with Crippen molar-refractivity contribution in [3.05, 3.63) is 69.9 Å². The molecule has 0 unspecified atom stereocenters. The van der Waals surface area contributed by atoms with Crippen LogP contribution in [-0.4, -0.2) is 21.6 Å². The lowest BCUT2D eigenvalue weighted by atomic mass is 10.2. The summed E-state index contributed by atoms with van der Waals surface area (Å²) in [5, 5.41) is 11.4. The summed E-state index contributed by atoms with van der Waals surface area (Å²) in [7, 11) is 0. The summed E-state index contributed by atoms with van der Waals surface area (Å²) in [5.74, 6) is -2.00. The topological polar surface area (TPSA) is 88.4 Å². The zero-order valence-electron chi connectivity index (χ0n) is 11.5. The number of carbonyl (C=O) groups is 2. The molecule has 0 spiro atoms. The molecule has 7 heteroatoms. The first kappa shape index (κ1) is 15.4. The molecule has 2 aromatic rings. The van der Waals surface area contributed by atoms with Crippen LogP contribution in [0.15, 0.2) is 47.4 Å². The fourth-order valence-corrected chi connectivity index (χ4v) is 1.79. The molecule has 22 heavy (non-hydrogen) atoms. The van der Waals surface area contributed by atoms with Crippen LogP contribution in [0, 0.1) is 5.82 Å². The molecule has 0 atom stereocenters. The minimum atomic E-state index is -1.18. The Bertz CT molecular complexity index is 753. The number of nitrogens with one attached hydrogen (secondary N) is 1. The number of carboxylic acids is 1. The molecular weight excluding hydrogens is 291 g/mol. The third kappa shape index (κ3) is 4.02. The maximum Gasteiger partial charge on any atom is 0.337 e. The second-order valence-electron chi connectivity index (χ2n) is 4.59. The van der Waals surface area contributed by atoms with Crippen molar-refractivity contribution >= 4 is 11.9 Å². The van der Waals surface area contributed by atoms with Crippen LogP contribution in [0.4, 0.5) is 4.39 Å². The molecule has 6 nitrogen and oxygen atoms in total. The van der Waals surface area contributed by atoms with E-state index in [0.717, 1.165) is 16.8 Å². The molecule has 1 aromatic heterocycles. The first-order valence-corrected chi connectivity index (χ1v) is 6.40. The Balaban J connectivity index is 2.00. The smallest absolute Gasteiger partial charge is 0.337 e. The predicted molar refractivity (Wildman–Crippen MR) is 75.9 cm³/mol. The van der Waals surface area contributed by atoms with Gasteiger partial charge in [-0.05, 0) is 23.8 Å². The van der Waals surface area contributed by atoms with Gasteiger partial charge in [0.15, 0.2) is 0 Å². The standard InChI is InChI=1S/C15H13FN2O4/c16-12-4-1-10(2-5-12)7-17-13(19)9-18-8-11(15(21)22)3-6-14(18)20/h1-6,8H,7,9H2,(H,17,19)(H,21,22). The van der Waals surface area contributed by atoms with Crippen LogP contribution in [0.25, 0.3) is 0 Å². The maximum absolute atomic E-state index is 12.7. The highest BCUT2D eigenvalue weighted by Gasteiger charge is 2.08. The SMILES string of the molecule is O=C(Cn1cc(C(=O)O)ccc1=O)NCc1ccc(F)cc1. The highest BCUT2D eigenvalue weighted by atomic mass is 19.1. The average Bonchev–Trinajstić information content (AvgIpc) is 2.48. The van der Waals surface area contributed by atoms with Crippen molar-refractivity contribution in [1.82, 2.24) is 9.88 Å². The van der Waals surface area contributed by atoms with Crippen LogP contribution in [0.5, 0.6) is 0 Å². The van der Waals surface area contributed by atoms with Crippen molar-refractivity contribution in [2.75, 3.05) is 0 Å². The van der Waals surface area contributed by atoms with Crippen LogP contribution < -0.4 is 10.9 Å². The summed E-state index contributed by atoms with van der Waals surface area (Å²) in [6.45, 7) is -0.104. The lowest BCUT2D eigenvalue weighted by molar-refractivity contribution is -0.121. The van der Waals surface area contributed by atoms with Crippen LogP contribution in [0.3, 0.4) is 0 Å². The average molecular weight is 304 g/mol. The third-order valence-electron chi connectivity index (χ3n) is 2.95. The molecule has 1 heterocycles. The monoisotopic (exact) mass is 304 g/mol. The second kappa shape index (κ2) is 6.66. The number of carboxylic acid groups (broad SMARTS) is 1. The Hall–Kier alpha value is -2.96. The van der Waals surface area contributed by atoms with Crippen molar-refractivity contribution in [3.63, 3.8) is 0 Å². The van der Waals surface area contributed by atoms with E-state index in [1.807, 2.05) is 0 Å². The van der Waals surface area contributed by atoms with Gasteiger partial charge in [-0.2, -0.15) is 0 Å². The molecule has 0 fully saturated rings.